The van der Waals surface area contributed by atoms with Crippen LogP contribution in [-0.4, -0.2) is 12.6 Å². The maximum atomic E-state index is 3.56. The lowest BCUT2D eigenvalue weighted by molar-refractivity contribution is 0.258. The summed E-state index contributed by atoms with van der Waals surface area (Å²) in [6.45, 7) is 0. The highest BCUT2D eigenvalue weighted by Gasteiger charge is 2.55. The molecule has 4 unspecified atom stereocenters. The van der Waals surface area contributed by atoms with E-state index in [1.807, 2.05) is 0 Å². The van der Waals surface area contributed by atoms with Crippen LogP contribution in [0, 0.1) is 17.8 Å². The van der Waals surface area contributed by atoms with E-state index in [9.17, 15) is 0 Å². The number of hydrogen-bond acceptors (Lipinski definition) is 1. The molecule has 0 heterocycles. The first kappa shape index (κ1) is 6.90. The Morgan fingerprint density at radius 2 is 2.25 bits per heavy atom. The fraction of sp³-hybridized carbons (Fsp3) is 0.636. The molecule has 3 aliphatic carbocycles. The lowest BCUT2D eigenvalue weighted by atomic mass is 9.78. The standard InChI is InChI=1S/C11H15N/c1-12-11-6-2-3-10(11)8-4-5-9(11)7-8/h2-5,8-10,12H,6-7H2,1H3. The lowest BCUT2D eigenvalue weighted by Gasteiger charge is -2.36. The van der Waals surface area contributed by atoms with Crippen LogP contribution < -0.4 is 5.32 Å². The summed E-state index contributed by atoms with van der Waals surface area (Å²) in [5.74, 6) is 2.42. The molecule has 0 aromatic rings. The molecule has 3 rings (SSSR count). The largest absolute Gasteiger partial charge is 0.313 e. The van der Waals surface area contributed by atoms with Gasteiger partial charge >= 0.3 is 0 Å². The summed E-state index contributed by atoms with van der Waals surface area (Å²) in [5, 5.41) is 3.56. The van der Waals surface area contributed by atoms with Crippen molar-refractivity contribution in [1.29, 1.82) is 0 Å². The molecular formula is C11H15N. The first-order chi connectivity index (χ1) is 5.87. The van der Waals surface area contributed by atoms with Gasteiger partial charge in [0.1, 0.15) is 0 Å². The molecular weight excluding hydrogens is 146 g/mol. The van der Waals surface area contributed by atoms with Crippen molar-refractivity contribution in [3.05, 3.63) is 24.3 Å². The third-order valence-corrected chi connectivity index (χ3v) is 4.10. The summed E-state index contributed by atoms with van der Waals surface area (Å²) >= 11 is 0. The Hall–Kier alpha value is -0.560. The second-order valence-electron chi connectivity index (χ2n) is 4.34. The summed E-state index contributed by atoms with van der Waals surface area (Å²) < 4.78 is 0. The molecule has 0 amide bonds. The van der Waals surface area contributed by atoms with Crippen LogP contribution in [0.3, 0.4) is 0 Å². The number of rotatable bonds is 1. The number of fused-ring (bicyclic) bond motifs is 5. The van der Waals surface area contributed by atoms with Crippen molar-refractivity contribution in [2.24, 2.45) is 17.8 Å². The van der Waals surface area contributed by atoms with Crippen LogP contribution in [0.1, 0.15) is 12.8 Å². The van der Waals surface area contributed by atoms with Gasteiger partial charge in [-0.05, 0) is 31.7 Å². The van der Waals surface area contributed by atoms with Crippen molar-refractivity contribution in [2.45, 2.75) is 18.4 Å². The maximum absolute atomic E-state index is 3.56. The van der Waals surface area contributed by atoms with Crippen molar-refractivity contribution in [2.75, 3.05) is 7.05 Å². The van der Waals surface area contributed by atoms with Gasteiger partial charge in [-0.1, -0.05) is 24.3 Å². The van der Waals surface area contributed by atoms with Crippen LogP contribution in [0.25, 0.3) is 0 Å². The van der Waals surface area contributed by atoms with Gasteiger partial charge < -0.3 is 5.32 Å². The summed E-state index contributed by atoms with van der Waals surface area (Å²) in [5.41, 5.74) is 0.416. The van der Waals surface area contributed by atoms with Gasteiger partial charge in [0.2, 0.25) is 0 Å². The average Bonchev–Trinajstić information content (AvgIpc) is 2.76. The predicted molar refractivity (Wildman–Crippen MR) is 49.8 cm³/mol. The van der Waals surface area contributed by atoms with Crippen LogP contribution in [0.5, 0.6) is 0 Å². The monoisotopic (exact) mass is 161 g/mol. The minimum atomic E-state index is 0.416. The van der Waals surface area contributed by atoms with Crippen molar-refractivity contribution < 1.29 is 0 Å². The smallest absolute Gasteiger partial charge is 0.0344 e. The molecule has 0 spiro atoms. The van der Waals surface area contributed by atoms with E-state index in [-0.39, 0.29) is 0 Å². The third-order valence-electron chi connectivity index (χ3n) is 4.10. The molecule has 1 nitrogen and oxygen atoms in total. The molecule has 0 radical (unpaired) electrons. The van der Waals surface area contributed by atoms with Crippen LogP contribution in [-0.2, 0) is 0 Å². The van der Waals surface area contributed by atoms with E-state index in [0.717, 1.165) is 17.8 Å². The quantitative estimate of drug-likeness (QED) is 0.577. The number of allylic oxidation sites excluding steroid dienone is 1. The highest BCUT2D eigenvalue weighted by molar-refractivity contribution is 5.31. The average molecular weight is 161 g/mol. The van der Waals surface area contributed by atoms with Crippen molar-refractivity contribution in [3.63, 3.8) is 0 Å². The Morgan fingerprint density at radius 3 is 3.00 bits per heavy atom. The van der Waals surface area contributed by atoms with Crippen LogP contribution >= 0.6 is 0 Å². The molecule has 0 aliphatic heterocycles. The van der Waals surface area contributed by atoms with Crippen molar-refractivity contribution >= 4 is 0 Å². The molecule has 1 saturated carbocycles. The van der Waals surface area contributed by atoms with Gasteiger partial charge in [-0.15, -0.1) is 0 Å². The minimum absolute atomic E-state index is 0.416. The lowest BCUT2D eigenvalue weighted by Crippen LogP contribution is -2.49. The fourth-order valence-electron chi connectivity index (χ4n) is 3.47. The first-order valence-corrected chi connectivity index (χ1v) is 4.91. The van der Waals surface area contributed by atoms with E-state index < -0.39 is 0 Å². The molecule has 2 bridgehead atoms. The van der Waals surface area contributed by atoms with Crippen molar-refractivity contribution in [1.82, 2.24) is 5.32 Å². The molecule has 1 fully saturated rings. The van der Waals surface area contributed by atoms with Crippen LogP contribution in [0.4, 0.5) is 0 Å². The van der Waals surface area contributed by atoms with Gasteiger partial charge in [0, 0.05) is 11.5 Å². The number of hydrogen-bond donors (Lipinski definition) is 1. The highest BCUT2D eigenvalue weighted by atomic mass is 15.0. The van der Waals surface area contributed by atoms with Gasteiger partial charge in [-0.2, -0.15) is 0 Å². The van der Waals surface area contributed by atoms with E-state index >= 15 is 0 Å². The van der Waals surface area contributed by atoms with E-state index in [4.69, 9.17) is 0 Å². The molecule has 1 N–H and O–H groups in total. The Morgan fingerprint density at radius 1 is 1.33 bits per heavy atom. The van der Waals surface area contributed by atoms with E-state index in [2.05, 4.69) is 36.7 Å². The summed E-state index contributed by atoms with van der Waals surface area (Å²) in [6.07, 6.45) is 12.2. The summed E-state index contributed by atoms with van der Waals surface area (Å²) in [4.78, 5) is 0. The van der Waals surface area contributed by atoms with Crippen molar-refractivity contribution in [3.8, 4) is 0 Å². The van der Waals surface area contributed by atoms with Gasteiger partial charge in [0.15, 0.2) is 0 Å². The zero-order chi connectivity index (χ0) is 8.18. The molecule has 1 heteroatoms. The van der Waals surface area contributed by atoms with E-state index in [1.165, 1.54) is 12.8 Å². The topological polar surface area (TPSA) is 12.0 Å². The zero-order valence-electron chi connectivity index (χ0n) is 7.46. The molecule has 12 heavy (non-hydrogen) atoms. The highest BCUT2D eigenvalue weighted by Crippen LogP contribution is 2.55. The molecule has 4 atom stereocenters. The predicted octanol–water partition coefficient (Wildman–Crippen LogP) is 1.73. The summed E-state index contributed by atoms with van der Waals surface area (Å²) in [6, 6.07) is 0. The Kier molecular flexibility index (Phi) is 1.16. The fourth-order valence-corrected chi connectivity index (χ4v) is 3.47. The molecule has 0 aromatic carbocycles. The Labute approximate surface area is 73.5 Å². The Bertz CT molecular complexity index is 266. The van der Waals surface area contributed by atoms with E-state index in [1.54, 1.807) is 0 Å². The first-order valence-electron chi connectivity index (χ1n) is 4.91. The van der Waals surface area contributed by atoms with Gasteiger partial charge in [0.05, 0.1) is 0 Å². The van der Waals surface area contributed by atoms with Gasteiger partial charge in [-0.3, -0.25) is 0 Å². The SMILES string of the molecule is CNC12CC=CC1C1C=CC2C1. The maximum Gasteiger partial charge on any atom is 0.0344 e. The van der Waals surface area contributed by atoms with Gasteiger partial charge in [-0.25, -0.2) is 0 Å². The zero-order valence-corrected chi connectivity index (χ0v) is 7.46. The van der Waals surface area contributed by atoms with Crippen LogP contribution in [0.15, 0.2) is 24.3 Å². The van der Waals surface area contributed by atoms with Gasteiger partial charge in [0.25, 0.3) is 0 Å². The number of nitrogens with one attached hydrogen (secondary N) is 1. The van der Waals surface area contributed by atoms with E-state index in [0.29, 0.717) is 5.54 Å². The second-order valence-corrected chi connectivity index (χ2v) is 4.34. The molecule has 64 valence electrons. The normalized spacial score (nSPS) is 53.6. The van der Waals surface area contributed by atoms with Crippen LogP contribution in [0.2, 0.25) is 0 Å². The minimum Gasteiger partial charge on any atom is -0.313 e. The molecule has 0 saturated heterocycles. The molecule has 3 aliphatic rings. The Balaban J connectivity index is 2.07. The third kappa shape index (κ3) is 0.567. The second kappa shape index (κ2) is 2.02. The molecule has 0 aromatic heterocycles. The summed E-state index contributed by atoms with van der Waals surface area (Å²) in [7, 11) is 2.12.